The van der Waals surface area contributed by atoms with Crippen LogP contribution in [0.15, 0.2) is 60.7 Å². The fourth-order valence-corrected chi connectivity index (χ4v) is 4.23. The van der Waals surface area contributed by atoms with Crippen LogP contribution >= 0.6 is 0 Å². The zero-order valence-corrected chi connectivity index (χ0v) is 12.7. The van der Waals surface area contributed by atoms with E-state index in [4.69, 9.17) is 0 Å². The highest BCUT2D eigenvalue weighted by molar-refractivity contribution is 6.89. The van der Waals surface area contributed by atoms with Crippen molar-refractivity contribution >= 4 is 13.3 Å². The molecule has 19 heavy (non-hydrogen) atoms. The van der Waals surface area contributed by atoms with E-state index in [1.54, 1.807) is 0 Å². The second-order valence-corrected chi connectivity index (χ2v) is 10.3. The van der Waals surface area contributed by atoms with Crippen molar-refractivity contribution in [1.82, 2.24) is 0 Å². The maximum atomic E-state index is 3.31. The van der Waals surface area contributed by atoms with Gasteiger partial charge in [-0.15, -0.1) is 0 Å². The average molecular weight is 264 g/mol. The van der Waals surface area contributed by atoms with Crippen LogP contribution in [-0.2, 0) is 0 Å². The van der Waals surface area contributed by atoms with Crippen LogP contribution in [0, 0.1) is 11.8 Å². The minimum Gasteiger partial charge on any atom is -0.0982 e. The van der Waals surface area contributed by atoms with Crippen molar-refractivity contribution in [3.05, 3.63) is 66.2 Å². The van der Waals surface area contributed by atoms with Crippen LogP contribution in [0.3, 0.4) is 0 Å². The van der Waals surface area contributed by atoms with Crippen molar-refractivity contribution in [2.24, 2.45) is 0 Å². The molecule has 0 atom stereocenters. The summed E-state index contributed by atoms with van der Waals surface area (Å²) in [6.07, 6.45) is 0.989. The smallest absolute Gasteiger partial charge is 0.0815 e. The third-order valence-electron chi connectivity index (χ3n) is 3.44. The molecule has 0 fully saturated rings. The molecule has 0 radical (unpaired) electrons. The number of hydrogen-bond acceptors (Lipinski definition) is 0. The topological polar surface area (TPSA) is 0 Å². The van der Waals surface area contributed by atoms with Gasteiger partial charge in [0, 0.05) is 12.0 Å². The molecule has 0 aliphatic carbocycles. The molecule has 0 amide bonds. The largest absolute Gasteiger partial charge is 0.0982 e. The molecule has 0 nitrogen and oxygen atoms in total. The van der Waals surface area contributed by atoms with Gasteiger partial charge in [-0.3, -0.25) is 0 Å². The van der Waals surface area contributed by atoms with E-state index in [2.05, 4.69) is 67.4 Å². The molecule has 0 bridgehead atoms. The zero-order valence-electron chi connectivity index (χ0n) is 11.7. The fourth-order valence-electron chi connectivity index (χ4n) is 2.09. The Bertz CT molecular complexity index is 559. The number of benzene rings is 2. The summed E-state index contributed by atoms with van der Waals surface area (Å²) in [5.74, 6) is 6.55. The van der Waals surface area contributed by atoms with E-state index in [-0.39, 0.29) is 0 Å². The van der Waals surface area contributed by atoms with Gasteiger partial charge in [0.05, 0.1) is 8.07 Å². The molecule has 0 saturated carbocycles. The molecule has 0 spiro atoms. The van der Waals surface area contributed by atoms with Crippen molar-refractivity contribution in [2.75, 3.05) is 0 Å². The molecule has 0 N–H and O–H groups in total. The third-order valence-corrected chi connectivity index (χ3v) is 6.83. The van der Waals surface area contributed by atoms with E-state index in [1.165, 1.54) is 11.2 Å². The highest BCUT2D eigenvalue weighted by Crippen LogP contribution is 2.12. The lowest BCUT2D eigenvalue weighted by Gasteiger charge is -2.21. The summed E-state index contributed by atoms with van der Waals surface area (Å²) in [4.78, 5) is 0. The van der Waals surface area contributed by atoms with Gasteiger partial charge in [-0.25, -0.2) is 0 Å². The summed E-state index contributed by atoms with van der Waals surface area (Å²) in [5.41, 5.74) is 1.11. The van der Waals surface area contributed by atoms with Crippen molar-refractivity contribution < 1.29 is 0 Å². The van der Waals surface area contributed by atoms with Gasteiger partial charge < -0.3 is 0 Å². The first-order chi connectivity index (χ1) is 9.18. The highest BCUT2D eigenvalue weighted by atomic mass is 28.3. The van der Waals surface area contributed by atoms with Crippen LogP contribution < -0.4 is 5.19 Å². The van der Waals surface area contributed by atoms with E-state index in [1.807, 2.05) is 18.2 Å². The third kappa shape index (κ3) is 4.12. The summed E-state index contributed by atoms with van der Waals surface area (Å²) in [7, 11) is -1.32. The van der Waals surface area contributed by atoms with E-state index < -0.39 is 8.07 Å². The maximum Gasteiger partial charge on any atom is 0.0815 e. The van der Waals surface area contributed by atoms with Gasteiger partial charge in [0.15, 0.2) is 0 Å². The monoisotopic (exact) mass is 264 g/mol. The predicted molar refractivity (Wildman–Crippen MR) is 86.3 cm³/mol. The molecule has 0 heterocycles. The molecule has 0 unspecified atom stereocenters. The van der Waals surface area contributed by atoms with Crippen LogP contribution in [-0.4, -0.2) is 8.07 Å². The Morgan fingerprint density at radius 2 is 1.42 bits per heavy atom. The number of rotatable bonds is 3. The predicted octanol–water partition coefficient (Wildman–Crippen LogP) is 4.04. The Labute approximate surface area is 117 Å². The van der Waals surface area contributed by atoms with E-state index in [0.717, 1.165) is 12.0 Å². The average Bonchev–Trinajstić information content (AvgIpc) is 2.46. The van der Waals surface area contributed by atoms with Crippen molar-refractivity contribution in [1.29, 1.82) is 0 Å². The molecular formula is C18H20Si. The SMILES string of the molecule is C[Si](C)(CCC#Cc1ccccc1)c1ccccc1. The van der Waals surface area contributed by atoms with Crippen molar-refractivity contribution in [3.8, 4) is 11.8 Å². The highest BCUT2D eigenvalue weighted by Gasteiger charge is 2.21. The van der Waals surface area contributed by atoms with Crippen LogP contribution in [0.1, 0.15) is 12.0 Å². The minimum atomic E-state index is -1.32. The Kier molecular flexibility index (Phi) is 4.60. The first kappa shape index (κ1) is 13.6. The fraction of sp³-hybridized carbons (Fsp3) is 0.222. The molecule has 2 rings (SSSR count). The second kappa shape index (κ2) is 6.40. The van der Waals surface area contributed by atoms with Crippen LogP contribution in [0.25, 0.3) is 0 Å². The van der Waals surface area contributed by atoms with Crippen LogP contribution in [0.5, 0.6) is 0 Å². The molecule has 0 aliphatic heterocycles. The van der Waals surface area contributed by atoms with Gasteiger partial charge in [-0.1, -0.05) is 78.7 Å². The summed E-state index contributed by atoms with van der Waals surface area (Å²) in [6, 6.07) is 22.3. The molecule has 2 aromatic carbocycles. The molecule has 1 heteroatoms. The molecule has 96 valence electrons. The lowest BCUT2D eigenvalue weighted by molar-refractivity contribution is 1.21. The Morgan fingerprint density at radius 3 is 2.05 bits per heavy atom. The van der Waals surface area contributed by atoms with Crippen LogP contribution in [0.4, 0.5) is 0 Å². The lowest BCUT2D eigenvalue weighted by atomic mass is 10.2. The molecule has 0 aliphatic rings. The minimum absolute atomic E-state index is 0.989. The first-order valence-corrected chi connectivity index (χ1v) is 9.99. The van der Waals surface area contributed by atoms with E-state index in [0.29, 0.717) is 0 Å². The van der Waals surface area contributed by atoms with Gasteiger partial charge >= 0.3 is 0 Å². The number of hydrogen-bond donors (Lipinski definition) is 0. The van der Waals surface area contributed by atoms with Gasteiger partial charge in [0.2, 0.25) is 0 Å². The molecule has 2 aromatic rings. The van der Waals surface area contributed by atoms with Gasteiger partial charge in [-0.2, -0.15) is 0 Å². The summed E-state index contributed by atoms with van der Waals surface area (Å²) >= 11 is 0. The zero-order chi connectivity index (χ0) is 13.6. The quantitative estimate of drug-likeness (QED) is 0.580. The first-order valence-electron chi connectivity index (χ1n) is 6.78. The molecule has 0 saturated heterocycles. The molecule has 0 aromatic heterocycles. The summed E-state index contributed by atoms with van der Waals surface area (Å²) < 4.78 is 0. The lowest BCUT2D eigenvalue weighted by Crippen LogP contribution is -2.40. The Hall–Kier alpha value is -1.78. The van der Waals surface area contributed by atoms with Gasteiger partial charge in [0.25, 0.3) is 0 Å². The van der Waals surface area contributed by atoms with Gasteiger partial charge in [-0.05, 0) is 18.2 Å². The summed E-state index contributed by atoms with van der Waals surface area (Å²) in [5, 5.41) is 1.52. The van der Waals surface area contributed by atoms with Crippen molar-refractivity contribution in [3.63, 3.8) is 0 Å². The normalized spacial score (nSPS) is 10.6. The molecular weight excluding hydrogens is 244 g/mol. The van der Waals surface area contributed by atoms with Crippen LogP contribution in [0.2, 0.25) is 19.1 Å². The standard InChI is InChI=1S/C18H20Si/c1-19(2,18-14-7-4-8-15-18)16-10-9-13-17-11-5-3-6-12-17/h3-8,11-12,14-15H,10,16H2,1-2H3. The Balaban J connectivity index is 1.94. The maximum absolute atomic E-state index is 3.31. The van der Waals surface area contributed by atoms with E-state index >= 15 is 0 Å². The van der Waals surface area contributed by atoms with Gasteiger partial charge in [0.1, 0.15) is 0 Å². The van der Waals surface area contributed by atoms with E-state index in [9.17, 15) is 0 Å². The van der Waals surface area contributed by atoms with Crippen molar-refractivity contribution in [2.45, 2.75) is 25.6 Å². The second-order valence-electron chi connectivity index (χ2n) is 5.42. The summed E-state index contributed by atoms with van der Waals surface area (Å²) in [6.45, 7) is 4.85. The Morgan fingerprint density at radius 1 is 0.842 bits per heavy atom.